The Morgan fingerprint density at radius 1 is 1.42 bits per heavy atom. The van der Waals surface area contributed by atoms with E-state index in [1.165, 1.54) is 9.36 Å². The normalized spacial score (nSPS) is 10.8. The lowest BCUT2D eigenvalue weighted by atomic mass is 10.3. The average molecular weight is 336 g/mol. The minimum absolute atomic E-state index is 0.00161. The number of nitrogens with zero attached hydrogens (tertiary/aromatic N) is 5. The highest BCUT2D eigenvalue weighted by Crippen LogP contribution is 2.21. The number of aromatic nitrogens is 4. The first-order valence-corrected chi connectivity index (χ1v) is 7.43. The molecule has 0 saturated heterocycles. The highest BCUT2D eigenvalue weighted by molar-refractivity contribution is 5.92. The van der Waals surface area contributed by atoms with Crippen LogP contribution >= 0.6 is 0 Å². The predicted octanol–water partition coefficient (Wildman–Crippen LogP) is 0.877. The summed E-state index contributed by atoms with van der Waals surface area (Å²) in [6.45, 7) is 4.49. The Morgan fingerprint density at radius 2 is 2.17 bits per heavy atom. The third-order valence-corrected chi connectivity index (χ3v) is 3.49. The van der Waals surface area contributed by atoms with E-state index in [0.29, 0.717) is 24.5 Å². The molecule has 2 rings (SSSR count). The van der Waals surface area contributed by atoms with Gasteiger partial charge in [-0.25, -0.2) is 4.68 Å². The Bertz CT molecular complexity index is 736. The number of nitrogens with one attached hydrogen (secondary N) is 1. The number of ether oxygens (including phenoxy) is 1. The van der Waals surface area contributed by atoms with Gasteiger partial charge in [-0.15, -0.1) is 0 Å². The van der Waals surface area contributed by atoms with Crippen molar-refractivity contribution in [1.82, 2.24) is 24.9 Å². The van der Waals surface area contributed by atoms with Gasteiger partial charge in [0, 0.05) is 26.5 Å². The van der Waals surface area contributed by atoms with Crippen LogP contribution < -0.4 is 5.32 Å². The zero-order chi connectivity index (χ0) is 17.7. The predicted molar refractivity (Wildman–Crippen MR) is 84.8 cm³/mol. The zero-order valence-electron chi connectivity index (χ0n) is 13.9. The molecular weight excluding hydrogens is 316 g/mol. The van der Waals surface area contributed by atoms with Crippen LogP contribution in [0.1, 0.15) is 28.3 Å². The van der Waals surface area contributed by atoms with Crippen molar-refractivity contribution in [3.8, 4) is 0 Å². The molecule has 0 unspecified atom stereocenters. The van der Waals surface area contributed by atoms with E-state index in [2.05, 4.69) is 15.5 Å². The monoisotopic (exact) mass is 336 g/mol. The number of carbonyl (C=O) groups excluding carboxylic acids is 1. The van der Waals surface area contributed by atoms with Crippen LogP contribution in [0.3, 0.4) is 0 Å². The molecule has 10 heteroatoms. The molecule has 0 fully saturated rings. The maximum absolute atomic E-state index is 11.9. The van der Waals surface area contributed by atoms with Crippen molar-refractivity contribution in [3.63, 3.8) is 0 Å². The third-order valence-electron chi connectivity index (χ3n) is 3.49. The summed E-state index contributed by atoms with van der Waals surface area (Å²) in [7, 11) is 1.60. The standard InChI is InChI=1S/C14H20N6O4/c1-10-13(20(22)23)11(2)19(16-10)9-18-7-5-12(17-18)14(21)15-6-4-8-24-3/h5,7H,4,6,8-9H2,1-3H3,(H,15,21). The molecule has 0 spiro atoms. The minimum Gasteiger partial charge on any atom is -0.385 e. The lowest BCUT2D eigenvalue weighted by molar-refractivity contribution is -0.386. The molecule has 2 heterocycles. The summed E-state index contributed by atoms with van der Waals surface area (Å²) in [5.74, 6) is -0.274. The molecular formula is C14H20N6O4. The van der Waals surface area contributed by atoms with Crippen LogP contribution in [0, 0.1) is 24.0 Å². The lowest BCUT2D eigenvalue weighted by Gasteiger charge is -2.04. The van der Waals surface area contributed by atoms with E-state index in [4.69, 9.17) is 4.74 Å². The Labute approximate surface area is 138 Å². The Balaban J connectivity index is 2.03. The quantitative estimate of drug-likeness (QED) is 0.434. The number of carbonyl (C=O) groups is 1. The maximum atomic E-state index is 11.9. The van der Waals surface area contributed by atoms with Crippen LogP contribution in [0.4, 0.5) is 5.69 Å². The van der Waals surface area contributed by atoms with E-state index >= 15 is 0 Å². The molecule has 24 heavy (non-hydrogen) atoms. The van der Waals surface area contributed by atoms with Crippen molar-refractivity contribution >= 4 is 11.6 Å². The van der Waals surface area contributed by atoms with Crippen molar-refractivity contribution in [2.24, 2.45) is 0 Å². The van der Waals surface area contributed by atoms with Crippen molar-refractivity contribution in [2.75, 3.05) is 20.3 Å². The van der Waals surface area contributed by atoms with Gasteiger partial charge in [-0.1, -0.05) is 0 Å². The van der Waals surface area contributed by atoms with E-state index < -0.39 is 4.92 Å². The average Bonchev–Trinajstić information content (AvgIpc) is 3.09. The number of nitro groups is 1. The second-order valence-corrected chi connectivity index (χ2v) is 5.26. The molecule has 0 aliphatic heterocycles. The van der Waals surface area contributed by atoms with Crippen molar-refractivity contribution < 1.29 is 14.5 Å². The largest absolute Gasteiger partial charge is 0.385 e. The van der Waals surface area contributed by atoms with Crippen molar-refractivity contribution in [2.45, 2.75) is 26.9 Å². The highest BCUT2D eigenvalue weighted by atomic mass is 16.6. The molecule has 2 aromatic heterocycles. The van der Waals surface area contributed by atoms with Crippen molar-refractivity contribution in [3.05, 3.63) is 39.5 Å². The molecule has 1 amide bonds. The van der Waals surface area contributed by atoms with Gasteiger partial charge in [0.25, 0.3) is 5.91 Å². The summed E-state index contributed by atoms with van der Waals surface area (Å²) >= 11 is 0. The fourth-order valence-electron chi connectivity index (χ4n) is 2.30. The van der Waals surface area contributed by atoms with Gasteiger partial charge in [-0.3, -0.25) is 19.6 Å². The number of hydrogen-bond donors (Lipinski definition) is 1. The van der Waals surface area contributed by atoms with Gasteiger partial charge in [0.15, 0.2) is 0 Å². The Kier molecular flexibility index (Phi) is 5.64. The molecule has 0 saturated carbocycles. The van der Waals surface area contributed by atoms with Crippen LogP contribution in [-0.4, -0.2) is 50.7 Å². The molecule has 0 aliphatic carbocycles. The van der Waals surface area contributed by atoms with E-state index in [-0.39, 0.29) is 24.0 Å². The Morgan fingerprint density at radius 3 is 2.79 bits per heavy atom. The second-order valence-electron chi connectivity index (χ2n) is 5.26. The van der Waals surface area contributed by atoms with Gasteiger partial charge in [-0.05, 0) is 26.3 Å². The summed E-state index contributed by atoms with van der Waals surface area (Å²) < 4.78 is 7.90. The Hall–Kier alpha value is -2.75. The third kappa shape index (κ3) is 3.96. The molecule has 0 atom stereocenters. The molecule has 10 nitrogen and oxygen atoms in total. The second kappa shape index (κ2) is 7.68. The minimum atomic E-state index is -0.448. The molecule has 1 N–H and O–H groups in total. The summed E-state index contributed by atoms with van der Waals surface area (Å²) in [5, 5.41) is 22.1. The summed E-state index contributed by atoms with van der Waals surface area (Å²) in [6.07, 6.45) is 2.35. The molecule has 2 aromatic rings. The fourth-order valence-corrected chi connectivity index (χ4v) is 2.30. The first kappa shape index (κ1) is 17.6. The summed E-state index contributed by atoms with van der Waals surface area (Å²) in [6, 6.07) is 1.59. The molecule has 0 aliphatic rings. The summed E-state index contributed by atoms with van der Waals surface area (Å²) in [4.78, 5) is 22.5. The van der Waals surface area contributed by atoms with Gasteiger partial charge in [0.2, 0.25) is 0 Å². The van der Waals surface area contributed by atoms with Gasteiger partial charge in [-0.2, -0.15) is 10.2 Å². The van der Waals surface area contributed by atoms with Crippen LogP contribution in [0.5, 0.6) is 0 Å². The first-order chi connectivity index (χ1) is 11.4. The van der Waals surface area contributed by atoms with E-state index in [0.717, 1.165) is 6.42 Å². The number of aryl methyl sites for hydroxylation is 1. The molecule has 0 aromatic carbocycles. The molecule has 0 radical (unpaired) electrons. The first-order valence-electron chi connectivity index (χ1n) is 7.43. The maximum Gasteiger partial charge on any atom is 0.312 e. The van der Waals surface area contributed by atoms with E-state index in [1.807, 2.05) is 0 Å². The number of hydrogen-bond acceptors (Lipinski definition) is 6. The van der Waals surface area contributed by atoms with Gasteiger partial charge in [0.05, 0.1) is 4.92 Å². The van der Waals surface area contributed by atoms with Crippen LogP contribution in [0.25, 0.3) is 0 Å². The van der Waals surface area contributed by atoms with E-state index in [9.17, 15) is 14.9 Å². The fraction of sp³-hybridized carbons (Fsp3) is 0.500. The molecule has 130 valence electrons. The molecule has 0 bridgehead atoms. The van der Waals surface area contributed by atoms with Gasteiger partial charge < -0.3 is 10.1 Å². The van der Waals surface area contributed by atoms with Gasteiger partial charge >= 0.3 is 5.69 Å². The zero-order valence-corrected chi connectivity index (χ0v) is 13.9. The van der Waals surface area contributed by atoms with Crippen LogP contribution in [-0.2, 0) is 11.4 Å². The highest BCUT2D eigenvalue weighted by Gasteiger charge is 2.22. The lowest BCUT2D eigenvalue weighted by Crippen LogP contribution is -2.26. The van der Waals surface area contributed by atoms with Crippen molar-refractivity contribution in [1.29, 1.82) is 0 Å². The smallest absolute Gasteiger partial charge is 0.312 e. The van der Waals surface area contributed by atoms with Crippen LogP contribution in [0.2, 0.25) is 0 Å². The van der Waals surface area contributed by atoms with Gasteiger partial charge in [0.1, 0.15) is 23.8 Å². The number of rotatable bonds is 8. The summed E-state index contributed by atoms with van der Waals surface area (Å²) in [5.41, 5.74) is 1.07. The van der Waals surface area contributed by atoms with Crippen LogP contribution in [0.15, 0.2) is 12.3 Å². The SMILES string of the molecule is COCCCNC(=O)c1ccn(Cn2nc(C)c([N+](=O)[O-])c2C)n1. The number of amides is 1. The van der Waals surface area contributed by atoms with E-state index in [1.54, 1.807) is 33.2 Å². The topological polar surface area (TPSA) is 117 Å². The number of methoxy groups -OCH3 is 1.